The van der Waals surface area contributed by atoms with Crippen LogP contribution >= 0.6 is 0 Å². The molecule has 13 heteroatoms. The first-order valence-electron chi connectivity index (χ1n) is 8.48. The molecule has 0 aliphatic carbocycles. The van der Waals surface area contributed by atoms with Gasteiger partial charge in [0.05, 0.1) is 18.7 Å². The first-order valence-corrected chi connectivity index (χ1v) is 9.89. The van der Waals surface area contributed by atoms with E-state index in [9.17, 15) is 26.4 Å². The van der Waals surface area contributed by atoms with Crippen molar-refractivity contribution in [1.29, 1.82) is 0 Å². The van der Waals surface area contributed by atoms with Crippen LogP contribution in [0.1, 0.15) is 23.4 Å². The molecule has 0 amide bonds. The first-order chi connectivity index (χ1) is 13.5. The van der Waals surface area contributed by atoms with Crippen molar-refractivity contribution in [2.24, 2.45) is 0 Å². The number of methoxy groups -OCH3 is 1. The lowest BCUT2D eigenvalue weighted by Crippen LogP contribution is -2.36. The number of halogens is 3. The van der Waals surface area contributed by atoms with Crippen LogP contribution in [0.25, 0.3) is 11.0 Å². The van der Waals surface area contributed by atoms with E-state index in [2.05, 4.69) is 24.1 Å². The molecule has 0 saturated carbocycles. The number of carbonyl (C=O) groups excluding carboxylic acids is 1. The number of nitrogens with zero attached hydrogens (tertiary/aromatic N) is 2. The summed E-state index contributed by atoms with van der Waals surface area (Å²) in [5.41, 5.74) is -5.82. The third-order valence-corrected chi connectivity index (χ3v) is 5.40. The van der Waals surface area contributed by atoms with Gasteiger partial charge in [-0.3, -0.25) is 0 Å². The summed E-state index contributed by atoms with van der Waals surface area (Å²) in [6, 6.07) is 1.34. The zero-order valence-corrected chi connectivity index (χ0v) is 16.3. The lowest BCUT2D eigenvalue weighted by Gasteiger charge is -2.29. The van der Waals surface area contributed by atoms with Crippen LogP contribution in [0.15, 0.2) is 16.7 Å². The summed E-state index contributed by atoms with van der Waals surface area (Å²) in [4.78, 5) is 18.1. The maximum absolute atomic E-state index is 12.8. The number of anilines is 1. The number of hydrogen-bond donors (Lipinski definition) is 1. The van der Waals surface area contributed by atoms with Crippen molar-refractivity contribution in [3.63, 3.8) is 0 Å². The topological polar surface area (TPSA) is 111 Å². The van der Waals surface area contributed by atoms with Crippen molar-refractivity contribution in [2.75, 3.05) is 32.6 Å². The highest BCUT2D eigenvalue weighted by Gasteiger charge is 2.49. The summed E-state index contributed by atoms with van der Waals surface area (Å²) < 4.78 is 75.1. The van der Waals surface area contributed by atoms with Crippen LogP contribution in [-0.4, -0.2) is 63.1 Å². The fraction of sp³-hybridized carbons (Fsp3) is 0.500. The van der Waals surface area contributed by atoms with Crippen LogP contribution in [-0.2, 0) is 14.9 Å². The number of furan rings is 1. The highest BCUT2D eigenvalue weighted by atomic mass is 32.2. The Morgan fingerprint density at radius 3 is 2.59 bits per heavy atom. The van der Waals surface area contributed by atoms with Crippen LogP contribution in [0.3, 0.4) is 0 Å². The Bertz CT molecular complexity index is 1010. The molecular formula is C16H18F3N3O6S. The average Bonchev–Trinajstić information content (AvgIpc) is 2.99. The summed E-state index contributed by atoms with van der Waals surface area (Å²) in [5, 5.41) is 2.98. The number of nitrogens with one attached hydrogen (secondary N) is 1. The predicted molar refractivity (Wildman–Crippen MR) is 95.1 cm³/mol. The van der Waals surface area contributed by atoms with Crippen molar-refractivity contribution in [3.05, 3.63) is 18.0 Å². The lowest BCUT2D eigenvalue weighted by molar-refractivity contribution is -0.0500. The minimum absolute atomic E-state index is 0.0754. The number of esters is 1. The molecule has 3 heterocycles. The summed E-state index contributed by atoms with van der Waals surface area (Å²) in [7, 11) is -3.08. The molecule has 0 radical (unpaired) electrons. The second-order valence-corrected chi connectivity index (χ2v) is 8.06. The highest BCUT2D eigenvalue weighted by molar-refractivity contribution is 7.88. The van der Waals surface area contributed by atoms with Gasteiger partial charge in [0.1, 0.15) is 5.82 Å². The van der Waals surface area contributed by atoms with Crippen molar-refractivity contribution in [2.45, 2.75) is 24.4 Å². The van der Waals surface area contributed by atoms with E-state index in [1.165, 1.54) is 6.07 Å². The lowest BCUT2D eigenvalue weighted by atomic mass is 10.1. The maximum atomic E-state index is 12.8. The molecule has 9 nitrogen and oxygen atoms in total. The molecule has 1 N–H and O–H groups in total. The maximum Gasteiger partial charge on any atom is 0.534 e. The Hall–Kier alpha value is -2.54. The fourth-order valence-corrected chi connectivity index (χ4v) is 3.37. The number of fused-ring (bicyclic) bond motifs is 1. The number of carbonyl (C=O) groups is 1. The SMILES string of the molecule is COC(=O)c1oc2cnc(NC3CCN(C)CC3)cc2c1OS(=O)(=O)C(F)(F)F. The number of pyridine rings is 1. The van der Waals surface area contributed by atoms with Crippen LogP contribution in [0.5, 0.6) is 5.75 Å². The largest absolute Gasteiger partial charge is 0.534 e. The number of rotatable bonds is 5. The molecular weight excluding hydrogens is 419 g/mol. The van der Waals surface area contributed by atoms with E-state index in [-0.39, 0.29) is 22.8 Å². The van der Waals surface area contributed by atoms with E-state index in [1.54, 1.807) is 0 Å². The Morgan fingerprint density at radius 2 is 2.00 bits per heavy atom. The minimum atomic E-state index is -6.04. The molecule has 1 aliphatic heterocycles. The Labute approximate surface area is 163 Å². The van der Waals surface area contributed by atoms with Crippen LogP contribution in [0, 0.1) is 0 Å². The molecule has 0 unspecified atom stereocenters. The summed E-state index contributed by atoms with van der Waals surface area (Å²) in [6.45, 7) is 1.71. The highest BCUT2D eigenvalue weighted by Crippen LogP contribution is 2.38. The van der Waals surface area contributed by atoms with Crippen molar-refractivity contribution < 1.29 is 39.7 Å². The Kier molecular flexibility index (Phi) is 5.63. The van der Waals surface area contributed by atoms with Crippen molar-refractivity contribution in [3.8, 4) is 5.75 Å². The second kappa shape index (κ2) is 7.71. The minimum Gasteiger partial charge on any atom is -0.463 e. The van der Waals surface area contributed by atoms with E-state index in [1.807, 2.05) is 7.05 Å². The first kappa shape index (κ1) is 21.2. The van der Waals surface area contributed by atoms with E-state index in [0.717, 1.165) is 39.2 Å². The molecule has 2 aromatic heterocycles. The number of piperidine rings is 1. The normalized spacial score (nSPS) is 16.7. The third-order valence-electron chi connectivity index (χ3n) is 4.45. The second-order valence-electron chi connectivity index (χ2n) is 6.52. The summed E-state index contributed by atoms with van der Waals surface area (Å²) >= 11 is 0. The van der Waals surface area contributed by atoms with Gasteiger partial charge in [-0.05, 0) is 39.0 Å². The number of likely N-dealkylation sites (tertiary alicyclic amines) is 1. The molecule has 160 valence electrons. The third kappa shape index (κ3) is 4.40. The molecule has 29 heavy (non-hydrogen) atoms. The van der Waals surface area contributed by atoms with E-state index < -0.39 is 33.1 Å². The standard InChI is InChI=1S/C16H18F3N3O6S/c1-22-5-3-9(4-6-22)21-12-7-10-11(8-20-12)27-14(15(23)26-2)13(10)28-29(24,25)16(17,18)19/h7-9H,3-6H2,1-2H3,(H,20,21). The van der Waals surface area contributed by atoms with Gasteiger partial charge in [-0.2, -0.15) is 21.6 Å². The van der Waals surface area contributed by atoms with E-state index >= 15 is 0 Å². The van der Waals surface area contributed by atoms with Crippen molar-refractivity contribution >= 4 is 32.9 Å². The molecule has 0 atom stereocenters. The summed E-state index contributed by atoms with van der Waals surface area (Å²) in [5.74, 6) is -2.64. The van der Waals surface area contributed by atoms with Gasteiger partial charge in [0.2, 0.25) is 5.75 Å². The quantitative estimate of drug-likeness (QED) is 0.428. The zero-order chi connectivity index (χ0) is 21.4. The smallest absolute Gasteiger partial charge is 0.463 e. The van der Waals surface area contributed by atoms with Crippen LogP contribution in [0.4, 0.5) is 19.0 Å². The molecule has 0 spiro atoms. The number of aromatic nitrogens is 1. The van der Waals surface area contributed by atoms with Gasteiger partial charge in [0, 0.05) is 6.04 Å². The van der Waals surface area contributed by atoms with Crippen LogP contribution in [0.2, 0.25) is 0 Å². The molecule has 0 bridgehead atoms. The van der Waals surface area contributed by atoms with Gasteiger partial charge >= 0.3 is 21.6 Å². The van der Waals surface area contributed by atoms with Gasteiger partial charge < -0.3 is 23.6 Å². The van der Waals surface area contributed by atoms with E-state index in [4.69, 9.17) is 4.42 Å². The van der Waals surface area contributed by atoms with Gasteiger partial charge in [0.15, 0.2) is 5.58 Å². The predicted octanol–water partition coefficient (Wildman–Crippen LogP) is 2.35. The molecule has 0 aromatic carbocycles. The summed E-state index contributed by atoms with van der Waals surface area (Å²) in [6.07, 6.45) is 2.80. The number of ether oxygens (including phenoxy) is 1. The monoisotopic (exact) mass is 437 g/mol. The molecule has 2 aromatic rings. The number of alkyl halides is 3. The molecule has 1 aliphatic rings. The average molecular weight is 437 g/mol. The molecule has 3 rings (SSSR count). The fourth-order valence-electron chi connectivity index (χ4n) is 2.89. The molecule has 1 saturated heterocycles. The van der Waals surface area contributed by atoms with E-state index in [0.29, 0.717) is 0 Å². The Balaban J connectivity index is 2.00. The van der Waals surface area contributed by atoms with Gasteiger partial charge in [-0.25, -0.2) is 9.78 Å². The van der Waals surface area contributed by atoms with Crippen LogP contribution < -0.4 is 9.50 Å². The van der Waals surface area contributed by atoms with Gasteiger partial charge in [-0.15, -0.1) is 0 Å². The molecule has 1 fully saturated rings. The zero-order valence-electron chi connectivity index (χ0n) is 15.4. The van der Waals surface area contributed by atoms with Gasteiger partial charge in [0.25, 0.3) is 5.76 Å². The Morgan fingerprint density at radius 1 is 1.34 bits per heavy atom. The number of hydrogen-bond acceptors (Lipinski definition) is 9. The van der Waals surface area contributed by atoms with Gasteiger partial charge in [-0.1, -0.05) is 0 Å². The van der Waals surface area contributed by atoms with Crippen molar-refractivity contribution in [1.82, 2.24) is 9.88 Å².